The van der Waals surface area contributed by atoms with Gasteiger partial charge < -0.3 is 9.47 Å². The second kappa shape index (κ2) is 10.8. The fourth-order valence-corrected chi connectivity index (χ4v) is 2.33. The van der Waals surface area contributed by atoms with Crippen molar-refractivity contribution < 1.29 is 19.1 Å². The third-order valence-corrected chi connectivity index (χ3v) is 3.58. The Morgan fingerprint density at radius 1 is 0.947 bits per heavy atom. The summed E-state index contributed by atoms with van der Waals surface area (Å²) in [5.74, 6) is 0.0967. The van der Waals surface area contributed by atoms with E-state index >= 15 is 0 Å². The van der Waals surface area contributed by atoms with Gasteiger partial charge in [-0.2, -0.15) is 0 Å². The van der Waals surface area contributed by atoms with Crippen LogP contribution >= 0.6 is 0 Å². The number of esters is 2. The number of ether oxygens (including phenoxy) is 2. The summed E-state index contributed by atoms with van der Waals surface area (Å²) in [6, 6.07) is 0. The van der Waals surface area contributed by atoms with Crippen LogP contribution in [0.25, 0.3) is 0 Å². The van der Waals surface area contributed by atoms with Crippen molar-refractivity contribution in [1.29, 1.82) is 0 Å². The van der Waals surface area contributed by atoms with E-state index in [0.29, 0.717) is 18.8 Å². The normalized spacial score (nSPS) is 12.3. The number of hydrogen-bond acceptors (Lipinski definition) is 4. The van der Waals surface area contributed by atoms with E-state index in [-0.39, 0.29) is 17.9 Å². The molecule has 0 aromatic carbocycles. The van der Waals surface area contributed by atoms with E-state index in [2.05, 4.69) is 13.8 Å². The van der Waals surface area contributed by atoms with Crippen molar-refractivity contribution in [3.05, 3.63) is 0 Å². The summed E-state index contributed by atoms with van der Waals surface area (Å²) >= 11 is 0. The van der Waals surface area contributed by atoms with Crippen LogP contribution in [0.2, 0.25) is 0 Å². The molecule has 1 atom stereocenters. The molecule has 0 aliphatic heterocycles. The van der Waals surface area contributed by atoms with Crippen LogP contribution in [0.15, 0.2) is 0 Å². The lowest BCUT2D eigenvalue weighted by Crippen LogP contribution is -2.18. The maximum atomic E-state index is 11.4. The first-order chi connectivity index (χ1) is 9.07. The standard InChI is InChI=1S/C15H28O4/c1-5-7-8-12(6-2)9-13(10-14(16)18-3)11-15(17)19-4/h12-13H,5-11H2,1-4H3. The molecule has 112 valence electrons. The van der Waals surface area contributed by atoms with Gasteiger partial charge in [0.25, 0.3) is 0 Å². The van der Waals surface area contributed by atoms with Crippen LogP contribution in [-0.2, 0) is 19.1 Å². The van der Waals surface area contributed by atoms with Crippen LogP contribution in [0, 0.1) is 11.8 Å². The van der Waals surface area contributed by atoms with Gasteiger partial charge in [-0.15, -0.1) is 0 Å². The minimum absolute atomic E-state index is 0.0294. The summed E-state index contributed by atoms with van der Waals surface area (Å²) in [4.78, 5) is 22.8. The van der Waals surface area contributed by atoms with Gasteiger partial charge in [-0.1, -0.05) is 39.5 Å². The lowest BCUT2D eigenvalue weighted by Gasteiger charge is -2.21. The molecule has 0 heterocycles. The van der Waals surface area contributed by atoms with Crippen LogP contribution < -0.4 is 0 Å². The first-order valence-corrected chi connectivity index (χ1v) is 7.20. The second-order valence-electron chi connectivity index (χ2n) is 5.08. The molecule has 0 aliphatic rings. The zero-order valence-electron chi connectivity index (χ0n) is 12.7. The summed E-state index contributed by atoms with van der Waals surface area (Å²) in [5, 5.41) is 0. The van der Waals surface area contributed by atoms with Gasteiger partial charge in [0, 0.05) is 12.8 Å². The van der Waals surface area contributed by atoms with Crippen molar-refractivity contribution in [2.75, 3.05) is 14.2 Å². The molecule has 0 rings (SSSR count). The van der Waals surface area contributed by atoms with E-state index in [1.165, 1.54) is 27.1 Å². The van der Waals surface area contributed by atoms with Gasteiger partial charge in [-0.25, -0.2) is 0 Å². The van der Waals surface area contributed by atoms with Gasteiger partial charge in [0.15, 0.2) is 0 Å². The van der Waals surface area contributed by atoms with Crippen LogP contribution in [0.5, 0.6) is 0 Å². The molecule has 0 amide bonds. The maximum Gasteiger partial charge on any atom is 0.305 e. The SMILES string of the molecule is CCCCC(CC)CC(CC(=O)OC)CC(=O)OC. The number of hydrogen-bond donors (Lipinski definition) is 0. The van der Waals surface area contributed by atoms with E-state index in [1.807, 2.05) is 0 Å². The highest BCUT2D eigenvalue weighted by Gasteiger charge is 2.22. The Bertz CT molecular complexity index is 245. The minimum Gasteiger partial charge on any atom is -0.469 e. The summed E-state index contributed by atoms with van der Waals surface area (Å²) < 4.78 is 9.40. The zero-order valence-corrected chi connectivity index (χ0v) is 12.7. The average molecular weight is 272 g/mol. The molecule has 0 spiro atoms. The van der Waals surface area contributed by atoms with Gasteiger partial charge in [0.05, 0.1) is 14.2 Å². The fraction of sp³-hybridized carbons (Fsp3) is 0.867. The minimum atomic E-state index is -0.251. The molecule has 1 unspecified atom stereocenters. The molecule has 0 saturated heterocycles. The molecule has 4 heteroatoms. The molecule has 0 aromatic rings. The molecule has 19 heavy (non-hydrogen) atoms. The smallest absolute Gasteiger partial charge is 0.305 e. The quantitative estimate of drug-likeness (QED) is 0.572. The predicted octanol–water partition coefficient (Wildman–Crippen LogP) is 3.34. The Balaban J connectivity index is 4.43. The number of methoxy groups -OCH3 is 2. The summed E-state index contributed by atoms with van der Waals surface area (Å²) in [6.45, 7) is 4.33. The van der Waals surface area contributed by atoms with Gasteiger partial charge in [-0.3, -0.25) is 9.59 Å². The van der Waals surface area contributed by atoms with Crippen molar-refractivity contribution >= 4 is 11.9 Å². The Labute approximate surface area is 116 Å². The maximum absolute atomic E-state index is 11.4. The number of carbonyl (C=O) groups excluding carboxylic acids is 2. The monoisotopic (exact) mass is 272 g/mol. The Hall–Kier alpha value is -1.06. The zero-order chi connectivity index (χ0) is 14.7. The number of unbranched alkanes of at least 4 members (excludes halogenated alkanes) is 1. The topological polar surface area (TPSA) is 52.6 Å². The van der Waals surface area contributed by atoms with Gasteiger partial charge in [0.1, 0.15) is 0 Å². The third kappa shape index (κ3) is 8.62. The van der Waals surface area contributed by atoms with Crippen molar-refractivity contribution in [2.45, 2.75) is 58.8 Å². The van der Waals surface area contributed by atoms with Crippen molar-refractivity contribution in [1.82, 2.24) is 0 Å². The highest BCUT2D eigenvalue weighted by atomic mass is 16.5. The van der Waals surface area contributed by atoms with Gasteiger partial charge in [0.2, 0.25) is 0 Å². The summed E-state index contributed by atoms with van der Waals surface area (Å²) in [7, 11) is 2.76. The highest BCUT2D eigenvalue weighted by molar-refractivity contribution is 5.73. The lowest BCUT2D eigenvalue weighted by atomic mass is 9.85. The largest absolute Gasteiger partial charge is 0.469 e. The first kappa shape index (κ1) is 17.9. The van der Waals surface area contributed by atoms with Crippen molar-refractivity contribution in [3.8, 4) is 0 Å². The molecule has 0 bridgehead atoms. The van der Waals surface area contributed by atoms with Crippen LogP contribution in [0.4, 0.5) is 0 Å². The molecular weight excluding hydrogens is 244 g/mol. The number of carbonyl (C=O) groups is 2. The Morgan fingerprint density at radius 3 is 1.84 bits per heavy atom. The molecule has 4 nitrogen and oxygen atoms in total. The molecule has 0 fully saturated rings. The van der Waals surface area contributed by atoms with E-state index < -0.39 is 0 Å². The molecule has 0 N–H and O–H groups in total. The molecule has 0 aliphatic carbocycles. The predicted molar refractivity (Wildman–Crippen MR) is 74.7 cm³/mol. The molecular formula is C15H28O4. The van der Waals surface area contributed by atoms with Gasteiger partial charge >= 0.3 is 11.9 Å². The first-order valence-electron chi connectivity index (χ1n) is 7.20. The third-order valence-electron chi connectivity index (χ3n) is 3.58. The van der Waals surface area contributed by atoms with Crippen LogP contribution in [0.3, 0.4) is 0 Å². The lowest BCUT2D eigenvalue weighted by molar-refractivity contribution is -0.144. The highest BCUT2D eigenvalue weighted by Crippen LogP contribution is 2.26. The van der Waals surface area contributed by atoms with Crippen molar-refractivity contribution in [2.24, 2.45) is 11.8 Å². The second-order valence-corrected chi connectivity index (χ2v) is 5.08. The van der Waals surface area contributed by atoms with E-state index in [1.54, 1.807) is 0 Å². The molecule has 0 aromatic heterocycles. The number of rotatable bonds is 10. The Morgan fingerprint density at radius 2 is 1.47 bits per heavy atom. The summed E-state index contributed by atoms with van der Waals surface area (Å²) in [6.07, 6.45) is 6.10. The van der Waals surface area contributed by atoms with E-state index in [0.717, 1.165) is 19.3 Å². The molecule has 0 radical (unpaired) electrons. The van der Waals surface area contributed by atoms with Crippen LogP contribution in [-0.4, -0.2) is 26.2 Å². The van der Waals surface area contributed by atoms with E-state index in [9.17, 15) is 9.59 Å². The fourth-order valence-electron chi connectivity index (χ4n) is 2.33. The van der Waals surface area contributed by atoms with Crippen molar-refractivity contribution in [3.63, 3.8) is 0 Å². The van der Waals surface area contributed by atoms with Crippen LogP contribution in [0.1, 0.15) is 58.8 Å². The molecule has 0 saturated carbocycles. The van der Waals surface area contributed by atoms with E-state index in [4.69, 9.17) is 9.47 Å². The summed E-state index contributed by atoms with van der Waals surface area (Å²) in [5.41, 5.74) is 0. The Kier molecular flexibility index (Phi) is 10.2. The average Bonchev–Trinajstić information content (AvgIpc) is 2.42. The van der Waals surface area contributed by atoms with Gasteiger partial charge in [-0.05, 0) is 18.3 Å².